The fourth-order valence-electron chi connectivity index (χ4n) is 1.60. The average Bonchev–Trinajstić information content (AvgIpc) is 2.98. The third-order valence-corrected chi connectivity index (χ3v) is 4.68. The summed E-state index contributed by atoms with van der Waals surface area (Å²) in [6, 6.07) is 5.63. The monoisotopic (exact) mass is 359 g/mol. The zero-order chi connectivity index (χ0) is 16.7. The van der Waals surface area contributed by atoms with Crippen LogP contribution in [0, 0.1) is 0 Å². The summed E-state index contributed by atoms with van der Waals surface area (Å²) < 4.78 is 29.1. The van der Waals surface area contributed by atoms with Crippen molar-refractivity contribution in [2.75, 3.05) is 17.6 Å². The van der Waals surface area contributed by atoms with Gasteiger partial charge in [0.2, 0.25) is 5.13 Å². The standard InChI is InChI=1S/C14H15F2N3O2S2/c1-2-7-17-13-18-19-14(23-13)22-8-11(20)9-3-5-10(6-4-9)21-12(15)16/h3-6,12H,2,7-8H2,1H3,(H,17,18). The van der Waals surface area contributed by atoms with Crippen molar-refractivity contribution >= 4 is 34.0 Å². The molecule has 0 aliphatic rings. The molecule has 0 aliphatic heterocycles. The Morgan fingerprint density at radius 2 is 2.09 bits per heavy atom. The molecule has 23 heavy (non-hydrogen) atoms. The lowest BCUT2D eigenvalue weighted by Crippen LogP contribution is -2.04. The van der Waals surface area contributed by atoms with Gasteiger partial charge in [-0.1, -0.05) is 30.0 Å². The minimum atomic E-state index is -2.87. The summed E-state index contributed by atoms with van der Waals surface area (Å²) in [5, 5.41) is 11.8. The summed E-state index contributed by atoms with van der Waals surface area (Å²) in [6.45, 7) is 0.00524. The number of ether oxygens (including phenoxy) is 1. The maximum Gasteiger partial charge on any atom is 0.387 e. The number of nitrogens with one attached hydrogen (secondary N) is 1. The van der Waals surface area contributed by atoms with Gasteiger partial charge in [-0.3, -0.25) is 4.79 Å². The van der Waals surface area contributed by atoms with Crippen molar-refractivity contribution in [1.82, 2.24) is 10.2 Å². The number of ketones is 1. The zero-order valence-corrected chi connectivity index (χ0v) is 13.9. The van der Waals surface area contributed by atoms with Gasteiger partial charge < -0.3 is 10.1 Å². The van der Waals surface area contributed by atoms with Crippen LogP contribution < -0.4 is 10.1 Å². The first-order valence-corrected chi connectivity index (χ1v) is 8.67. The van der Waals surface area contributed by atoms with Crippen LogP contribution in [-0.2, 0) is 0 Å². The first kappa shape index (κ1) is 17.6. The molecule has 0 spiro atoms. The third kappa shape index (κ3) is 5.76. The van der Waals surface area contributed by atoms with E-state index in [4.69, 9.17) is 0 Å². The molecule has 2 aromatic rings. The number of hydrogen-bond acceptors (Lipinski definition) is 7. The highest BCUT2D eigenvalue weighted by molar-refractivity contribution is 8.01. The Kier molecular flexibility index (Phi) is 6.72. The molecule has 1 heterocycles. The maximum absolute atomic E-state index is 12.1. The highest BCUT2D eigenvalue weighted by Crippen LogP contribution is 2.26. The third-order valence-electron chi connectivity index (χ3n) is 2.66. The van der Waals surface area contributed by atoms with Crippen LogP contribution in [0.15, 0.2) is 28.6 Å². The largest absolute Gasteiger partial charge is 0.435 e. The number of rotatable bonds is 9. The van der Waals surface area contributed by atoms with Crippen LogP contribution in [0.25, 0.3) is 0 Å². The van der Waals surface area contributed by atoms with Crippen LogP contribution in [0.2, 0.25) is 0 Å². The molecule has 0 fully saturated rings. The van der Waals surface area contributed by atoms with E-state index >= 15 is 0 Å². The molecule has 0 amide bonds. The van der Waals surface area contributed by atoms with Crippen molar-refractivity contribution in [3.05, 3.63) is 29.8 Å². The summed E-state index contributed by atoms with van der Waals surface area (Å²) in [7, 11) is 0. The lowest BCUT2D eigenvalue weighted by Gasteiger charge is -2.05. The molecule has 1 aromatic carbocycles. The van der Waals surface area contributed by atoms with E-state index in [0.717, 1.165) is 18.1 Å². The highest BCUT2D eigenvalue weighted by atomic mass is 32.2. The van der Waals surface area contributed by atoms with E-state index < -0.39 is 6.61 Å². The second-order valence-corrected chi connectivity index (χ2v) is 6.61. The number of anilines is 1. The summed E-state index contributed by atoms with van der Waals surface area (Å²) in [5.41, 5.74) is 0.438. The maximum atomic E-state index is 12.1. The summed E-state index contributed by atoms with van der Waals surface area (Å²) in [6.07, 6.45) is 0.992. The van der Waals surface area contributed by atoms with Crippen LogP contribution in [0.5, 0.6) is 5.75 Å². The SMILES string of the molecule is CCCNc1nnc(SCC(=O)c2ccc(OC(F)F)cc2)s1. The molecule has 9 heteroatoms. The molecule has 5 nitrogen and oxygen atoms in total. The lowest BCUT2D eigenvalue weighted by molar-refractivity contribution is -0.0498. The Morgan fingerprint density at radius 3 is 2.74 bits per heavy atom. The minimum Gasteiger partial charge on any atom is -0.435 e. The van der Waals surface area contributed by atoms with Gasteiger partial charge in [-0.05, 0) is 30.7 Å². The molecule has 0 aliphatic carbocycles. The number of thioether (sulfide) groups is 1. The number of hydrogen-bond donors (Lipinski definition) is 1. The van der Waals surface area contributed by atoms with E-state index in [1.54, 1.807) is 0 Å². The predicted octanol–water partition coefficient (Wildman–Crippen LogP) is 3.94. The average molecular weight is 359 g/mol. The summed E-state index contributed by atoms with van der Waals surface area (Å²) in [4.78, 5) is 12.1. The van der Waals surface area contributed by atoms with Crippen molar-refractivity contribution < 1.29 is 18.3 Å². The summed E-state index contributed by atoms with van der Waals surface area (Å²) >= 11 is 2.69. The molecule has 0 saturated heterocycles. The number of benzene rings is 1. The van der Waals surface area contributed by atoms with E-state index in [-0.39, 0.29) is 17.3 Å². The van der Waals surface area contributed by atoms with Gasteiger partial charge in [-0.2, -0.15) is 8.78 Å². The van der Waals surface area contributed by atoms with Crippen molar-refractivity contribution in [3.8, 4) is 5.75 Å². The van der Waals surface area contributed by atoms with Crippen molar-refractivity contribution in [2.24, 2.45) is 0 Å². The summed E-state index contributed by atoms with van der Waals surface area (Å²) in [5.74, 6) is 0.120. The van der Waals surface area contributed by atoms with E-state index in [9.17, 15) is 13.6 Å². The van der Waals surface area contributed by atoms with E-state index in [1.165, 1.54) is 47.4 Å². The van der Waals surface area contributed by atoms with Gasteiger partial charge >= 0.3 is 6.61 Å². The molecule has 0 saturated carbocycles. The van der Waals surface area contributed by atoms with Crippen LogP contribution in [0.4, 0.5) is 13.9 Å². The molecule has 0 unspecified atom stereocenters. The molecule has 1 aromatic heterocycles. The fourth-order valence-corrected chi connectivity index (χ4v) is 3.28. The van der Waals surface area contributed by atoms with Gasteiger partial charge in [0.05, 0.1) is 5.75 Å². The van der Waals surface area contributed by atoms with Gasteiger partial charge in [-0.25, -0.2) is 0 Å². The molecule has 1 N–H and O–H groups in total. The van der Waals surface area contributed by atoms with Crippen LogP contribution in [-0.4, -0.2) is 34.9 Å². The van der Waals surface area contributed by atoms with Crippen molar-refractivity contribution in [2.45, 2.75) is 24.3 Å². The fraction of sp³-hybridized carbons (Fsp3) is 0.357. The number of nitrogens with zero attached hydrogens (tertiary/aromatic N) is 2. The topological polar surface area (TPSA) is 64.1 Å². The highest BCUT2D eigenvalue weighted by Gasteiger charge is 2.11. The van der Waals surface area contributed by atoms with Crippen LogP contribution in [0.1, 0.15) is 23.7 Å². The molecular weight excluding hydrogens is 344 g/mol. The second kappa shape index (κ2) is 8.78. The Morgan fingerprint density at radius 1 is 1.35 bits per heavy atom. The van der Waals surface area contributed by atoms with Crippen LogP contribution >= 0.6 is 23.1 Å². The smallest absolute Gasteiger partial charge is 0.387 e. The molecule has 124 valence electrons. The van der Waals surface area contributed by atoms with E-state index in [0.29, 0.717) is 9.90 Å². The zero-order valence-electron chi connectivity index (χ0n) is 12.3. The van der Waals surface area contributed by atoms with E-state index in [1.807, 2.05) is 0 Å². The molecule has 0 bridgehead atoms. The Balaban J connectivity index is 1.85. The predicted molar refractivity (Wildman–Crippen MR) is 86.8 cm³/mol. The molecule has 0 atom stereocenters. The second-order valence-electron chi connectivity index (χ2n) is 4.41. The number of Topliss-reactive ketones (excluding diaryl/α,β-unsaturated/α-hetero) is 1. The van der Waals surface area contributed by atoms with Gasteiger partial charge in [0, 0.05) is 12.1 Å². The van der Waals surface area contributed by atoms with Gasteiger partial charge in [0.15, 0.2) is 10.1 Å². The number of carbonyl (C=O) groups excluding carboxylic acids is 1. The van der Waals surface area contributed by atoms with Gasteiger partial charge in [0.25, 0.3) is 0 Å². The number of halogens is 2. The number of carbonyl (C=O) groups is 1. The van der Waals surface area contributed by atoms with Crippen molar-refractivity contribution in [1.29, 1.82) is 0 Å². The number of aromatic nitrogens is 2. The minimum absolute atomic E-state index is 0.0277. The lowest BCUT2D eigenvalue weighted by atomic mass is 10.1. The normalized spacial score (nSPS) is 10.8. The molecule has 2 rings (SSSR count). The Labute approximate surface area is 140 Å². The Bertz CT molecular complexity index is 635. The van der Waals surface area contributed by atoms with Gasteiger partial charge in [-0.15, -0.1) is 10.2 Å². The molecular formula is C14H15F2N3O2S2. The molecule has 0 radical (unpaired) electrons. The van der Waals surface area contributed by atoms with Crippen LogP contribution in [0.3, 0.4) is 0 Å². The quantitative estimate of drug-likeness (QED) is 0.540. The Hall–Kier alpha value is -1.74. The first-order chi connectivity index (χ1) is 11.1. The number of alkyl halides is 2. The van der Waals surface area contributed by atoms with Crippen molar-refractivity contribution in [3.63, 3.8) is 0 Å². The van der Waals surface area contributed by atoms with E-state index in [2.05, 4.69) is 27.2 Å². The van der Waals surface area contributed by atoms with Gasteiger partial charge in [0.1, 0.15) is 5.75 Å². The first-order valence-electron chi connectivity index (χ1n) is 6.86.